The molecule has 0 radical (unpaired) electrons. The van der Waals surface area contributed by atoms with Crippen LogP contribution in [0, 0.1) is 17.6 Å². The number of aliphatic hydroxyl groups excluding tert-OH is 1. The van der Waals surface area contributed by atoms with Crippen molar-refractivity contribution in [3.63, 3.8) is 0 Å². The van der Waals surface area contributed by atoms with E-state index in [1.54, 1.807) is 0 Å². The highest BCUT2D eigenvalue weighted by Crippen LogP contribution is 2.28. The smallest absolute Gasteiger partial charge is 0.243 e. The fraction of sp³-hybridized carbons (Fsp3) is 0.500. The van der Waals surface area contributed by atoms with Gasteiger partial charge in [-0.2, -0.15) is 0 Å². The van der Waals surface area contributed by atoms with Gasteiger partial charge in [-0.15, -0.1) is 0 Å². The van der Waals surface area contributed by atoms with Crippen LogP contribution in [-0.2, 0) is 10.0 Å². The molecule has 0 aliphatic heterocycles. The molecule has 8 heteroatoms. The van der Waals surface area contributed by atoms with Crippen LogP contribution in [0.15, 0.2) is 17.0 Å². The molecule has 0 bridgehead atoms. The molecular formula is C12H16F2N2O3S. The lowest BCUT2D eigenvalue weighted by Gasteiger charge is -2.19. The normalized spacial score (nSPS) is 23.1. The molecule has 2 unspecified atom stereocenters. The van der Waals surface area contributed by atoms with E-state index in [2.05, 4.69) is 4.72 Å². The quantitative estimate of drug-likeness (QED) is 0.723. The maximum Gasteiger partial charge on any atom is 0.243 e. The Bertz CT molecular complexity index is 607. The van der Waals surface area contributed by atoms with Crippen molar-refractivity contribution in [1.29, 1.82) is 0 Å². The van der Waals surface area contributed by atoms with Crippen molar-refractivity contribution < 1.29 is 22.3 Å². The average molecular weight is 306 g/mol. The second kappa shape index (κ2) is 5.63. The maximum atomic E-state index is 13.8. The largest absolute Gasteiger partial charge is 0.396 e. The molecule has 20 heavy (non-hydrogen) atoms. The van der Waals surface area contributed by atoms with E-state index in [1.165, 1.54) is 0 Å². The van der Waals surface area contributed by atoms with Crippen molar-refractivity contribution in [3.05, 3.63) is 23.8 Å². The molecule has 0 amide bonds. The molecule has 112 valence electrons. The summed E-state index contributed by atoms with van der Waals surface area (Å²) >= 11 is 0. The molecule has 0 heterocycles. The highest BCUT2D eigenvalue weighted by molar-refractivity contribution is 7.89. The standard InChI is InChI=1S/C12H16F2N2O3S/c13-8-4-5-10(11(14)12(8)15)20(18,19)16-9-3-1-2-7(9)6-17/h4-5,7,9,16-17H,1-3,6,15H2. The Morgan fingerprint density at radius 2 is 2.05 bits per heavy atom. The van der Waals surface area contributed by atoms with Gasteiger partial charge in [-0.25, -0.2) is 21.9 Å². The number of rotatable bonds is 4. The number of benzene rings is 1. The minimum Gasteiger partial charge on any atom is -0.396 e. The van der Waals surface area contributed by atoms with Crippen LogP contribution in [0.2, 0.25) is 0 Å². The minimum absolute atomic E-state index is 0.138. The van der Waals surface area contributed by atoms with Crippen molar-refractivity contribution in [3.8, 4) is 0 Å². The Morgan fingerprint density at radius 1 is 1.35 bits per heavy atom. The number of anilines is 1. The van der Waals surface area contributed by atoms with Gasteiger partial charge in [0.05, 0.1) is 0 Å². The molecule has 1 saturated carbocycles. The summed E-state index contributed by atoms with van der Waals surface area (Å²) in [6, 6.07) is 1.20. The summed E-state index contributed by atoms with van der Waals surface area (Å²) in [5.74, 6) is -2.49. The molecule has 0 aromatic heterocycles. The van der Waals surface area contributed by atoms with Crippen molar-refractivity contribution >= 4 is 15.7 Å². The molecule has 1 aromatic rings. The highest BCUT2D eigenvalue weighted by atomic mass is 32.2. The molecule has 4 N–H and O–H groups in total. The van der Waals surface area contributed by atoms with E-state index in [1.807, 2.05) is 0 Å². The third-order valence-electron chi connectivity index (χ3n) is 3.58. The van der Waals surface area contributed by atoms with Crippen LogP contribution in [0.5, 0.6) is 0 Å². The van der Waals surface area contributed by atoms with Gasteiger partial charge in [0.1, 0.15) is 16.4 Å². The molecule has 1 aromatic carbocycles. The third kappa shape index (κ3) is 2.77. The van der Waals surface area contributed by atoms with Gasteiger partial charge in [-0.3, -0.25) is 0 Å². The predicted octanol–water partition coefficient (Wildman–Crippen LogP) is 0.986. The van der Waals surface area contributed by atoms with Crippen LogP contribution in [0.25, 0.3) is 0 Å². The third-order valence-corrected chi connectivity index (χ3v) is 5.09. The van der Waals surface area contributed by atoms with E-state index in [9.17, 15) is 17.2 Å². The van der Waals surface area contributed by atoms with Gasteiger partial charge in [-0.1, -0.05) is 6.42 Å². The number of nitrogens with two attached hydrogens (primary N) is 1. The van der Waals surface area contributed by atoms with Gasteiger partial charge >= 0.3 is 0 Å². The molecule has 0 spiro atoms. The Kier molecular flexibility index (Phi) is 4.26. The van der Waals surface area contributed by atoms with E-state index < -0.39 is 38.3 Å². The first kappa shape index (κ1) is 15.1. The summed E-state index contributed by atoms with van der Waals surface area (Å²) in [6.07, 6.45) is 2.06. The summed E-state index contributed by atoms with van der Waals surface area (Å²) in [5, 5.41) is 9.16. The first-order valence-electron chi connectivity index (χ1n) is 6.23. The molecular weight excluding hydrogens is 290 g/mol. The number of hydrogen-bond donors (Lipinski definition) is 3. The monoisotopic (exact) mass is 306 g/mol. The Labute approximate surface area is 115 Å². The highest BCUT2D eigenvalue weighted by Gasteiger charge is 2.32. The average Bonchev–Trinajstić information content (AvgIpc) is 2.82. The number of sulfonamides is 1. The molecule has 2 atom stereocenters. The van der Waals surface area contributed by atoms with E-state index in [-0.39, 0.29) is 12.5 Å². The summed E-state index contributed by atoms with van der Waals surface area (Å²) in [4.78, 5) is -0.681. The van der Waals surface area contributed by atoms with E-state index in [4.69, 9.17) is 10.8 Å². The summed E-state index contributed by atoms with van der Waals surface area (Å²) in [7, 11) is -4.14. The zero-order chi connectivity index (χ0) is 14.9. The first-order chi connectivity index (χ1) is 9.36. The van der Waals surface area contributed by atoms with Crippen molar-refractivity contribution in [2.75, 3.05) is 12.3 Å². The van der Waals surface area contributed by atoms with Crippen LogP contribution in [0.4, 0.5) is 14.5 Å². The number of nitrogen functional groups attached to an aromatic ring is 1. The van der Waals surface area contributed by atoms with Gasteiger partial charge in [0.2, 0.25) is 10.0 Å². The van der Waals surface area contributed by atoms with Crippen molar-refractivity contribution in [2.24, 2.45) is 5.92 Å². The van der Waals surface area contributed by atoms with Crippen LogP contribution in [0.1, 0.15) is 19.3 Å². The van der Waals surface area contributed by atoms with E-state index in [0.717, 1.165) is 18.6 Å². The fourth-order valence-electron chi connectivity index (χ4n) is 2.43. The fourth-order valence-corrected chi connectivity index (χ4v) is 3.86. The zero-order valence-electron chi connectivity index (χ0n) is 10.6. The second-order valence-electron chi connectivity index (χ2n) is 4.87. The summed E-state index contributed by atoms with van der Waals surface area (Å²) in [5.41, 5.74) is 4.34. The van der Waals surface area contributed by atoms with Crippen LogP contribution >= 0.6 is 0 Å². The molecule has 1 aliphatic rings. The van der Waals surface area contributed by atoms with Gasteiger partial charge in [-0.05, 0) is 30.9 Å². The molecule has 5 nitrogen and oxygen atoms in total. The molecule has 1 fully saturated rings. The molecule has 1 aliphatic carbocycles. The number of aliphatic hydroxyl groups is 1. The first-order valence-corrected chi connectivity index (χ1v) is 7.72. The summed E-state index contributed by atoms with van der Waals surface area (Å²) < 4.78 is 53.4. The van der Waals surface area contributed by atoms with E-state index in [0.29, 0.717) is 12.8 Å². The summed E-state index contributed by atoms with van der Waals surface area (Å²) in [6.45, 7) is -0.138. The number of hydrogen-bond acceptors (Lipinski definition) is 4. The van der Waals surface area contributed by atoms with E-state index >= 15 is 0 Å². The lowest BCUT2D eigenvalue weighted by atomic mass is 10.1. The zero-order valence-corrected chi connectivity index (χ0v) is 11.5. The van der Waals surface area contributed by atoms with Crippen LogP contribution in [0.3, 0.4) is 0 Å². The lowest BCUT2D eigenvalue weighted by Crippen LogP contribution is -2.38. The molecule has 2 rings (SSSR count). The lowest BCUT2D eigenvalue weighted by molar-refractivity contribution is 0.213. The SMILES string of the molecule is Nc1c(F)ccc(S(=O)(=O)NC2CCCC2CO)c1F. The van der Waals surface area contributed by atoms with Crippen molar-refractivity contribution in [1.82, 2.24) is 4.72 Å². The second-order valence-corrected chi connectivity index (χ2v) is 6.56. The minimum atomic E-state index is -4.14. The molecule has 0 saturated heterocycles. The Balaban J connectivity index is 2.29. The van der Waals surface area contributed by atoms with Gasteiger partial charge in [0.15, 0.2) is 5.82 Å². The number of nitrogens with one attached hydrogen (secondary N) is 1. The topological polar surface area (TPSA) is 92.4 Å². The van der Waals surface area contributed by atoms with Gasteiger partial charge in [0.25, 0.3) is 0 Å². The Morgan fingerprint density at radius 3 is 2.70 bits per heavy atom. The maximum absolute atomic E-state index is 13.8. The number of halogens is 2. The van der Waals surface area contributed by atoms with Gasteiger partial charge < -0.3 is 10.8 Å². The Hall–Kier alpha value is -1.25. The van der Waals surface area contributed by atoms with Crippen LogP contribution in [-0.4, -0.2) is 26.2 Å². The van der Waals surface area contributed by atoms with Gasteiger partial charge in [0, 0.05) is 12.6 Å². The van der Waals surface area contributed by atoms with Crippen LogP contribution < -0.4 is 10.5 Å². The predicted molar refractivity (Wildman–Crippen MR) is 69.3 cm³/mol. The van der Waals surface area contributed by atoms with Crippen molar-refractivity contribution in [2.45, 2.75) is 30.2 Å².